The first kappa shape index (κ1) is 26.2. The molecule has 0 radical (unpaired) electrons. The molecule has 0 amide bonds. The zero-order valence-electron chi connectivity index (χ0n) is 21.7. The van der Waals surface area contributed by atoms with Gasteiger partial charge in [0.2, 0.25) is 0 Å². The van der Waals surface area contributed by atoms with Gasteiger partial charge in [-0.2, -0.15) is 0 Å². The lowest BCUT2D eigenvalue weighted by Crippen LogP contribution is -2.76. The van der Waals surface area contributed by atoms with Gasteiger partial charge in [-0.05, 0) is 104 Å². The maximum absolute atomic E-state index is 16.3. The van der Waals surface area contributed by atoms with E-state index >= 15 is 8.78 Å². The molecule has 4 fully saturated rings. The molecule has 0 spiro atoms. The summed E-state index contributed by atoms with van der Waals surface area (Å²) in [5, 5.41) is 22.0. The highest BCUT2D eigenvalue weighted by atomic mass is 19.3. The molecular formula is C28H31F4N5O2. The molecule has 3 aliphatic carbocycles. The number of benzene rings is 2. The fraction of sp³-hybridized carbons (Fsp3) is 0.536. The molecule has 39 heavy (non-hydrogen) atoms. The monoisotopic (exact) mass is 545 g/mol. The Morgan fingerprint density at radius 1 is 1.05 bits per heavy atom. The summed E-state index contributed by atoms with van der Waals surface area (Å²) >= 11 is 0. The van der Waals surface area contributed by atoms with E-state index in [0.717, 1.165) is 60.4 Å². The summed E-state index contributed by atoms with van der Waals surface area (Å²) in [4.78, 5) is 2.31. The predicted octanol–water partition coefficient (Wildman–Crippen LogP) is 4.32. The molecule has 3 saturated carbocycles. The summed E-state index contributed by atoms with van der Waals surface area (Å²) in [5.41, 5.74) is -4.68. The predicted molar refractivity (Wildman–Crippen MR) is 133 cm³/mol. The summed E-state index contributed by atoms with van der Waals surface area (Å²) in [6, 6.07) is 9.86. The van der Waals surface area contributed by atoms with Crippen LogP contribution in [0.3, 0.4) is 0 Å². The summed E-state index contributed by atoms with van der Waals surface area (Å²) < 4.78 is 68.0. The zero-order valence-corrected chi connectivity index (χ0v) is 21.7. The maximum atomic E-state index is 16.3. The van der Waals surface area contributed by atoms with Crippen molar-refractivity contribution < 1.29 is 27.4 Å². The molecule has 7 rings (SSSR count). The first-order chi connectivity index (χ1) is 18.6. The van der Waals surface area contributed by atoms with Gasteiger partial charge in [0, 0.05) is 17.0 Å². The highest BCUT2D eigenvalue weighted by Gasteiger charge is 2.82. The van der Waals surface area contributed by atoms with Gasteiger partial charge in [-0.25, -0.2) is 22.2 Å². The number of hydrogen-bond donors (Lipinski definition) is 1. The van der Waals surface area contributed by atoms with E-state index < -0.39 is 46.1 Å². The Labute approximate surface area is 223 Å². The van der Waals surface area contributed by atoms with Crippen LogP contribution in [0.4, 0.5) is 17.6 Å². The average molecular weight is 546 g/mol. The van der Waals surface area contributed by atoms with E-state index in [9.17, 15) is 13.9 Å². The number of tetrazole rings is 1. The van der Waals surface area contributed by atoms with Gasteiger partial charge in [0.1, 0.15) is 23.7 Å². The van der Waals surface area contributed by atoms with Crippen molar-refractivity contribution in [1.82, 2.24) is 25.1 Å². The Kier molecular flexibility index (Phi) is 6.22. The lowest BCUT2D eigenvalue weighted by Gasteiger charge is -2.74. The molecule has 1 saturated heterocycles. The zero-order chi connectivity index (χ0) is 27.5. The van der Waals surface area contributed by atoms with E-state index in [0.29, 0.717) is 18.6 Å². The fourth-order valence-electron chi connectivity index (χ4n) is 6.88. The average Bonchev–Trinajstić information content (AvgIpc) is 3.35. The molecule has 2 heterocycles. The third-order valence-electron chi connectivity index (χ3n) is 9.17. The highest BCUT2D eigenvalue weighted by Crippen LogP contribution is 2.80. The fourth-order valence-corrected chi connectivity index (χ4v) is 6.88. The second kappa shape index (κ2) is 9.26. The molecular weight excluding hydrogens is 514 g/mol. The Hall–Kier alpha value is -3.05. The van der Waals surface area contributed by atoms with Gasteiger partial charge in [0.25, 0.3) is 5.92 Å². The van der Waals surface area contributed by atoms with Gasteiger partial charge in [-0.15, -0.1) is 5.10 Å². The topological polar surface area (TPSA) is 76.3 Å². The van der Waals surface area contributed by atoms with Crippen LogP contribution >= 0.6 is 0 Å². The summed E-state index contributed by atoms with van der Waals surface area (Å²) in [6.07, 6.45) is 3.71. The lowest BCUT2D eigenvalue weighted by molar-refractivity contribution is -0.347. The Morgan fingerprint density at radius 2 is 1.74 bits per heavy atom. The smallest absolute Gasteiger partial charge is 0.287 e. The molecule has 7 nitrogen and oxygen atoms in total. The molecule has 0 unspecified atom stereocenters. The minimum Gasteiger partial charge on any atom is -0.493 e. The van der Waals surface area contributed by atoms with Crippen LogP contribution in [0, 0.1) is 23.0 Å². The van der Waals surface area contributed by atoms with Crippen LogP contribution in [0.2, 0.25) is 0 Å². The van der Waals surface area contributed by atoms with Crippen molar-refractivity contribution in [3.63, 3.8) is 0 Å². The maximum Gasteiger partial charge on any atom is 0.287 e. The van der Waals surface area contributed by atoms with Crippen LogP contribution in [-0.2, 0) is 17.6 Å². The quantitative estimate of drug-likeness (QED) is 0.404. The summed E-state index contributed by atoms with van der Waals surface area (Å²) in [7, 11) is 2.12. The van der Waals surface area contributed by atoms with E-state index in [1.54, 1.807) is 0 Å². The molecule has 1 aliphatic heterocycles. The van der Waals surface area contributed by atoms with Crippen molar-refractivity contribution in [2.24, 2.45) is 11.3 Å². The Morgan fingerprint density at radius 3 is 2.36 bits per heavy atom. The largest absolute Gasteiger partial charge is 0.493 e. The van der Waals surface area contributed by atoms with Crippen molar-refractivity contribution in [3.05, 3.63) is 71.6 Å². The number of piperidine rings is 1. The minimum absolute atomic E-state index is 0.142. The van der Waals surface area contributed by atoms with E-state index in [1.165, 1.54) is 0 Å². The van der Waals surface area contributed by atoms with Gasteiger partial charge < -0.3 is 14.7 Å². The minimum atomic E-state index is -3.75. The van der Waals surface area contributed by atoms with Crippen LogP contribution in [0.25, 0.3) is 0 Å². The summed E-state index contributed by atoms with van der Waals surface area (Å²) in [6.45, 7) is 2.02. The number of likely N-dealkylation sites (tertiary alicyclic amines) is 1. The molecule has 1 N–H and O–H groups in total. The second-order valence-electron chi connectivity index (χ2n) is 11.7. The molecule has 2 aromatic carbocycles. The molecule has 2 bridgehead atoms. The normalized spacial score (nSPS) is 26.9. The molecule has 1 aromatic heterocycles. The lowest BCUT2D eigenvalue weighted by atomic mass is 9.30. The standard InChI is InChI=1S/C28H31F4N5O2/c1-36-10-8-19(9-11-36)13-39-22-5-2-20(3-6-22)25-14-26(15-25,16-25)28(31,32)27(38,17-37-18-33-34-35-37)23-7-4-21(29)12-24(23)30/h2-7,12,18-19,38H,8-11,13-17H2,1H3/t25?,26?,27-/m0/s1. The van der Waals surface area contributed by atoms with Crippen molar-refractivity contribution >= 4 is 0 Å². The molecule has 208 valence electrons. The van der Waals surface area contributed by atoms with Crippen LogP contribution in [0.5, 0.6) is 5.75 Å². The van der Waals surface area contributed by atoms with Crippen LogP contribution in [-0.4, -0.2) is 62.9 Å². The number of ether oxygens (including phenoxy) is 1. The molecule has 11 heteroatoms. The summed E-state index contributed by atoms with van der Waals surface area (Å²) in [5.74, 6) is -4.63. The van der Waals surface area contributed by atoms with Gasteiger partial charge in [0.05, 0.1) is 13.2 Å². The number of rotatable bonds is 9. The van der Waals surface area contributed by atoms with E-state index in [-0.39, 0.29) is 19.3 Å². The first-order valence-corrected chi connectivity index (χ1v) is 13.2. The van der Waals surface area contributed by atoms with Crippen LogP contribution in [0.1, 0.15) is 43.2 Å². The van der Waals surface area contributed by atoms with Crippen LogP contribution in [0.15, 0.2) is 48.8 Å². The van der Waals surface area contributed by atoms with Gasteiger partial charge in [-0.1, -0.05) is 12.1 Å². The number of alkyl halides is 2. The van der Waals surface area contributed by atoms with E-state index in [2.05, 4.69) is 27.5 Å². The van der Waals surface area contributed by atoms with Gasteiger partial charge >= 0.3 is 0 Å². The van der Waals surface area contributed by atoms with Crippen molar-refractivity contribution in [1.29, 1.82) is 0 Å². The first-order valence-electron chi connectivity index (χ1n) is 13.2. The van der Waals surface area contributed by atoms with Gasteiger partial charge in [0.15, 0.2) is 5.60 Å². The Bertz CT molecular complexity index is 1310. The molecule has 1 atom stereocenters. The molecule has 4 aliphatic rings. The number of hydrogen-bond acceptors (Lipinski definition) is 6. The number of aliphatic hydroxyl groups is 1. The second-order valence-corrected chi connectivity index (χ2v) is 11.7. The van der Waals surface area contributed by atoms with E-state index in [1.807, 2.05) is 24.3 Å². The van der Waals surface area contributed by atoms with Gasteiger partial charge in [-0.3, -0.25) is 0 Å². The number of nitrogens with zero attached hydrogens (tertiary/aromatic N) is 5. The SMILES string of the molecule is CN1CCC(COc2ccc(C34CC(C(F)(F)[C@](O)(Cn5cnnn5)c5ccc(F)cc5F)(C3)C4)cc2)CC1. The van der Waals surface area contributed by atoms with E-state index in [4.69, 9.17) is 4.74 Å². The number of halogens is 4. The third-order valence-corrected chi connectivity index (χ3v) is 9.17. The highest BCUT2D eigenvalue weighted by molar-refractivity contribution is 5.44. The third kappa shape index (κ3) is 4.21. The Balaban J connectivity index is 1.17. The van der Waals surface area contributed by atoms with Crippen LogP contribution < -0.4 is 4.74 Å². The molecule has 3 aromatic rings. The number of aromatic nitrogens is 4. The van der Waals surface area contributed by atoms with Crippen molar-refractivity contribution in [3.8, 4) is 5.75 Å². The van der Waals surface area contributed by atoms with Crippen molar-refractivity contribution in [2.45, 2.75) is 55.6 Å². The van der Waals surface area contributed by atoms with Crippen molar-refractivity contribution in [2.75, 3.05) is 26.7 Å².